The second-order valence-electron chi connectivity index (χ2n) is 6.89. The Morgan fingerprint density at radius 2 is 2.07 bits per heavy atom. The summed E-state index contributed by atoms with van der Waals surface area (Å²) >= 11 is 5.24. The molecular formula is C22H23BrN2O3S. The number of anilines is 1. The van der Waals surface area contributed by atoms with E-state index >= 15 is 0 Å². The molecule has 0 spiro atoms. The number of thiophene rings is 1. The van der Waals surface area contributed by atoms with Gasteiger partial charge in [-0.1, -0.05) is 35.0 Å². The first-order valence-corrected chi connectivity index (χ1v) is 11.3. The minimum Gasteiger partial charge on any atom is -0.459 e. The summed E-state index contributed by atoms with van der Waals surface area (Å²) in [5.74, 6) is 0.0866. The van der Waals surface area contributed by atoms with E-state index in [1.54, 1.807) is 23.5 Å². The Morgan fingerprint density at radius 3 is 2.76 bits per heavy atom. The minimum absolute atomic E-state index is 0.0415. The summed E-state index contributed by atoms with van der Waals surface area (Å²) < 4.78 is 11.9. The number of carbonyl (C=O) groups excluding carboxylic acids is 1. The van der Waals surface area contributed by atoms with Crippen molar-refractivity contribution in [1.82, 2.24) is 4.90 Å². The maximum absolute atomic E-state index is 12.7. The first-order valence-electron chi connectivity index (χ1n) is 9.70. The average molecular weight is 475 g/mol. The minimum atomic E-state index is -0.226. The van der Waals surface area contributed by atoms with Crippen molar-refractivity contribution in [2.24, 2.45) is 0 Å². The van der Waals surface area contributed by atoms with E-state index < -0.39 is 0 Å². The molecule has 1 atom stereocenters. The lowest BCUT2D eigenvalue weighted by Gasteiger charge is -2.35. The predicted molar refractivity (Wildman–Crippen MR) is 119 cm³/mol. The molecule has 0 saturated carbocycles. The van der Waals surface area contributed by atoms with E-state index in [0.29, 0.717) is 19.0 Å². The number of aryl methyl sites for hydroxylation is 1. The summed E-state index contributed by atoms with van der Waals surface area (Å²) in [5.41, 5.74) is 2.31. The van der Waals surface area contributed by atoms with Gasteiger partial charge in [-0.05, 0) is 42.3 Å². The zero-order valence-corrected chi connectivity index (χ0v) is 18.6. The van der Waals surface area contributed by atoms with Gasteiger partial charge in [0.15, 0.2) is 5.76 Å². The van der Waals surface area contributed by atoms with Crippen molar-refractivity contribution in [3.63, 3.8) is 0 Å². The molecule has 1 aliphatic heterocycles. The lowest BCUT2D eigenvalue weighted by Crippen LogP contribution is -2.39. The molecular weight excluding hydrogens is 452 g/mol. The van der Waals surface area contributed by atoms with E-state index in [1.807, 2.05) is 6.07 Å². The number of benzene rings is 1. The van der Waals surface area contributed by atoms with E-state index in [9.17, 15) is 4.79 Å². The van der Waals surface area contributed by atoms with E-state index in [-0.39, 0.29) is 11.9 Å². The van der Waals surface area contributed by atoms with Crippen LogP contribution in [0.5, 0.6) is 0 Å². The number of morpholine rings is 1. The maximum Gasteiger partial charge on any atom is 0.291 e. The first kappa shape index (κ1) is 20.3. The van der Waals surface area contributed by atoms with Crippen LogP contribution in [0.2, 0.25) is 0 Å². The van der Waals surface area contributed by atoms with Gasteiger partial charge in [0, 0.05) is 28.0 Å². The largest absolute Gasteiger partial charge is 0.459 e. The van der Waals surface area contributed by atoms with Crippen molar-refractivity contribution in [3.05, 3.63) is 75.0 Å². The fraction of sp³-hybridized carbons (Fsp3) is 0.318. The van der Waals surface area contributed by atoms with Crippen LogP contribution in [0.25, 0.3) is 0 Å². The van der Waals surface area contributed by atoms with Crippen LogP contribution < -0.4 is 5.32 Å². The molecule has 3 aromatic rings. The summed E-state index contributed by atoms with van der Waals surface area (Å²) in [4.78, 5) is 16.3. The molecule has 1 N–H and O–H groups in total. The van der Waals surface area contributed by atoms with Gasteiger partial charge in [-0.3, -0.25) is 9.69 Å². The monoisotopic (exact) mass is 474 g/mol. The Balaban J connectivity index is 1.75. The number of ether oxygens (including phenoxy) is 1. The molecule has 1 saturated heterocycles. The molecule has 2 aromatic heterocycles. The summed E-state index contributed by atoms with van der Waals surface area (Å²) in [6, 6.07) is 14.1. The third-order valence-electron chi connectivity index (χ3n) is 5.00. The molecule has 152 valence electrons. The van der Waals surface area contributed by atoms with Gasteiger partial charge in [0.1, 0.15) is 5.00 Å². The fourth-order valence-electron chi connectivity index (χ4n) is 3.61. The smallest absolute Gasteiger partial charge is 0.291 e. The number of amides is 1. The third-order valence-corrected chi connectivity index (χ3v) is 6.71. The highest BCUT2D eigenvalue weighted by Crippen LogP contribution is 2.40. The van der Waals surface area contributed by atoms with Gasteiger partial charge in [0.2, 0.25) is 0 Å². The Labute approximate surface area is 182 Å². The molecule has 1 unspecified atom stereocenters. The molecule has 29 heavy (non-hydrogen) atoms. The van der Waals surface area contributed by atoms with Crippen LogP contribution in [0.1, 0.15) is 39.5 Å². The molecule has 3 heterocycles. The summed E-state index contributed by atoms with van der Waals surface area (Å²) in [7, 11) is 0. The average Bonchev–Trinajstić information content (AvgIpc) is 3.40. The quantitative estimate of drug-likeness (QED) is 0.523. The number of hydrogen-bond acceptors (Lipinski definition) is 5. The Morgan fingerprint density at radius 1 is 1.24 bits per heavy atom. The van der Waals surface area contributed by atoms with Crippen molar-refractivity contribution in [2.75, 3.05) is 31.6 Å². The number of nitrogens with zero attached hydrogens (tertiary/aromatic N) is 1. The van der Waals surface area contributed by atoms with Crippen molar-refractivity contribution >= 4 is 38.2 Å². The van der Waals surface area contributed by atoms with Crippen molar-refractivity contribution in [3.8, 4) is 0 Å². The molecule has 0 radical (unpaired) electrons. The molecule has 1 aliphatic rings. The zero-order valence-electron chi connectivity index (χ0n) is 16.2. The maximum atomic E-state index is 12.7. The number of hydrogen-bond donors (Lipinski definition) is 1. The summed E-state index contributed by atoms with van der Waals surface area (Å²) in [6.07, 6.45) is 2.43. The highest BCUT2D eigenvalue weighted by Gasteiger charge is 2.29. The molecule has 0 bridgehead atoms. The topological polar surface area (TPSA) is 54.7 Å². The van der Waals surface area contributed by atoms with Crippen molar-refractivity contribution < 1.29 is 13.9 Å². The highest BCUT2D eigenvalue weighted by molar-refractivity contribution is 9.10. The predicted octanol–water partition coefficient (Wildman–Crippen LogP) is 5.34. The lowest BCUT2D eigenvalue weighted by molar-refractivity contribution is 0.0241. The van der Waals surface area contributed by atoms with E-state index in [0.717, 1.165) is 34.5 Å². The van der Waals surface area contributed by atoms with E-state index in [2.05, 4.69) is 57.3 Å². The zero-order chi connectivity index (χ0) is 20.2. The number of carbonyl (C=O) groups is 1. The van der Waals surface area contributed by atoms with Gasteiger partial charge in [-0.15, -0.1) is 11.3 Å². The molecule has 5 nitrogen and oxygen atoms in total. The van der Waals surface area contributed by atoms with Crippen LogP contribution in [0, 0.1) is 0 Å². The molecule has 1 aromatic carbocycles. The molecule has 1 amide bonds. The second kappa shape index (κ2) is 9.26. The Hall–Kier alpha value is -1.93. The molecule has 7 heteroatoms. The summed E-state index contributed by atoms with van der Waals surface area (Å²) in [5, 5.41) is 3.96. The summed E-state index contributed by atoms with van der Waals surface area (Å²) in [6.45, 7) is 5.25. The van der Waals surface area contributed by atoms with Crippen LogP contribution in [-0.2, 0) is 11.2 Å². The number of rotatable bonds is 6. The third kappa shape index (κ3) is 4.64. The van der Waals surface area contributed by atoms with Crippen LogP contribution in [0.15, 0.2) is 57.6 Å². The van der Waals surface area contributed by atoms with Gasteiger partial charge >= 0.3 is 0 Å². The van der Waals surface area contributed by atoms with Crippen molar-refractivity contribution in [2.45, 2.75) is 19.4 Å². The van der Waals surface area contributed by atoms with E-state index in [4.69, 9.17) is 9.15 Å². The van der Waals surface area contributed by atoms with Crippen LogP contribution in [0.4, 0.5) is 5.00 Å². The fourth-order valence-corrected chi connectivity index (χ4v) is 5.05. The van der Waals surface area contributed by atoms with Gasteiger partial charge in [-0.2, -0.15) is 0 Å². The van der Waals surface area contributed by atoms with Gasteiger partial charge in [-0.25, -0.2) is 0 Å². The van der Waals surface area contributed by atoms with Crippen LogP contribution >= 0.6 is 27.3 Å². The Bertz CT molecular complexity index is 964. The van der Waals surface area contributed by atoms with Gasteiger partial charge < -0.3 is 14.5 Å². The van der Waals surface area contributed by atoms with E-state index in [1.165, 1.54) is 16.7 Å². The lowest BCUT2D eigenvalue weighted by atomic mass is 9.97. The van der Waals surface area contributed by atoms with Gasteiger partial charge in [0.05, 0.1) is 25.5 Å². The number of furan rings is 1. The van der Waals surface area contributed by atoms with Crippen LogP contribution in [-0.4, -0.2) is 37.1 Å². The van der Waals surface area contributed by atoms with Crippen molar-refractivity contribution in [1.29, 1.82) is 0 Å². The standard InChI is InChI=1S/C22H23BrN2O3S/c1-2-17-14-18(22(29-17)24-21(26)19-7-4-10-28-19)20(25-8-11-27-12-9-25)15-5-3-6-16(23)13-15/h3-7,10,13-14,20H,2,8-9,11-12H2,1H3,(H,24,26). The highest BCUT2D eigenvalue weighted by atomic mass is 79.9. The Kier molecular flexibility index (Phi) is 6.50. The normalized spacial score (nSPS) is 15.9. The van der Waals surface area contributed by atoms with Crippen LogP contribution in [0.3, 0.4) is 0 Å². The second-order valence-corrected chi connectivity index (χ2v) is 8.94. The van der Waals surface area contributed by atoms with Gasteiger partial charge in [0.25, 0.3) is 5.91 Å². The molecule has 4 rings (SSSR count). The first-order chi connectivity index (χ1) is 14.2. The molecule has 1 fully saturated rings. The SMILES string of the molecule is CCc1cc(C(c2cccc(Br)c2)N2CCOCC2)c(NC(=O)c2ccco2)s1. The number of nitrogens with one attached hydrogen (secondary N) is 1. The number of halogens is 1. The molecule has 0 aliphatic carbocycles.